The highest BCUT2D eigenvalue weighted by atomic mass is 32.2. The number of para-hydroxylation sites is 1. The van der Waals surface area contributed by atoms with Gasteiger partial charge >= 0.3 is 0 Å². The van der Waals surface area contributed by atoms with E-state index < -0.39 is 27.5 Å². The van der Waals surface area contributed by atoms with E-state index in [0.717, 1.165) is 11.1 Å². The zero-order valence-electron chi connectivity index (χ0n) is 23.6. The van der Waals surface area contributed by atoms with Gasteiger partial charge in [-0.05, 0) is 57.0 Å². The monoisotopic (exact) mass is 583 g/mol. The molecule has 3 heterocycles. The van der Waals surface area contributed by atoms with E-state index >= 15 is 0 Å². The van der Waals surface area contributed by atoms with Crippen LogP contribution in [-0.2, 0) is 14.8 Å². The first kappa shape index (κ1) is 29.8. The minimum absolute atomic E-state index is 0.116. The Morgan fingerprint density at radius 1 is 0.976 bits per heavy atom. The van der Waals surface area contributed by atoms with Gasteiger partial charge in [0.2, 0.25) is 16.0 Å². The van der Waals surface area contributed by atoms with Gasteiger partial charge in [0.15, 0.2) is 11.6 Å². The van der Waals surface area contributed by atoms with Crippen molar-refractivity contribution in [3.05, 3.63) is 66.0 Å². The Labute approximate surface area is 238 Å². The summed E-state index contributed by atoms with van der Waals surface area (Å²) < 4.78 is 48.8. The lowest BCUT2D eigenvalue weighted by molar-refractivity contribution is -0.00765. The van der Waals surface area contributed by atoms with E-state index in [-0.39, 0.29) is 18.4 Å². The van der Waals surface area contributed by atoms with Gasteiger partial charge in [-0.3, -0.25) is 14.3 Å². The fourth-order valence-electron chi connectivity index (χ4n) is 4.07. The van der Waals surface area contributed by atoms with E-state index in [9.17, 15) is 13.5 Å². The number of nitrogens with zero attached hydrogens (tertiary/aromatic N) is 6. The molecule has 0 aliphatic carbocycles. The zero-order chi connectivity index (χ0) is 29.7. The predicted molar refractivity (Wildman–Crippen MR) is 152 cm³/mol. The smallest absolute Gasteiger partial charge is 0.243 e. The van der Waals surface area contributed by atoms with Crippen LogP contribution in [-0.4, -0.2) is 75.4 Å². The number of benzene rings is 1. The third-order valence-corrected chi connectivity index (χ3v) is 7.84. The summed E-state index contributed by atoms with van der Waals surface area (Å²) in [5.41, 5.74) is 2.65. The Kier molecular flexibility index (Phi) is 9.15. The summed E-state index contributed by atoms with van der Waals surface area (Å²) in [6.45, 7) is 6.58. The quantitative estimate of drug-likeness (QED) is 0.252. The van der Waals surface area contributed by atoms with Crippen LogP contribution in [0.1, 0.15) is 36.9 Å². The van der Waals surface area contributed by atoms with Gasteiger partial charge in [-0.25, -0.2) is 18.4 Å². The van der Waals surface area contributed by atoms with E-state index in [1.165, 1.54) is 32.6 Å². The summed E-state index contributed by atoms with van der Waals surface area (Å²) in [6, 6.07) is 7.03. The molecule has 0 saturated carbocycles. The fraction of sp³-hybridized carbons (Fsp3) is 0.370. The molecule has 0 aliphatic rings. The Morgan fingerprint density at radius 3 is 2.22 bits per heavy atom. The third kappa shape index (κ3) is 6.61. The van der Waals surface area contributed by atoms with Gasteiger partial charge in [0.1, 0.15) is 28.5 Å². The summed E-state index contributed by atoms with van der Waals surface area (Å²) in [6.07, 6.45) is 4.50. The lowest BCUT2D eigenvalue weighted by Crippen LogP contribution is -2.35. The summed E-state index contributed by atoms with van der Waals surface area (Å²) in [5, 5.41) is 17.1. The van der Waals surface area contributed by atoms with Crippen LogP contribution < -0.4 is 14.2 Å². The Hall–Kier alpha value is -4.14. The number of aliphatic hydroxyl groups excluding tert-OH is 1. The Morgan fingerprint density at radius 2 is 1.63 bits per heavy atom. The van der Waals surface area contributed by atoms with Crippen molar-refractivity contribution in [3.8, 4) is 28.6 Å². The van der Waals surface area contributed by atoms with Gasteiger partial charge in [-0.1, -0.05) is 6.07 Å². The van der Waals surface area contributed by atoms with Crippen LogP contribution >= 0.6 is 0 Å². The van der Waals surface area contributed by atoms with Crippen LogP contribution in [0.25, 0.3) is 17.1 Å². The summed E-state index contributed by atoms with van der Waals surface area (Å²) in [4.78, 5) is 12.8. The molecule has 4 rings (SSSR count). The van der Waals surface area contributed by atoms with Crippen molar-refractivity contribution in [1.82, 2.24) is 29.7 Å². The summed E-state index contributed by atoms with van der Waals surface area (Å²) in [7, 11) is -1.23. The molecule has 0 radical (unpaired) electrons. The number of nitrogens with one attached hydrogen (secondary N) is 1. The number of methoxy groups -OCH3 is 2. The SMILES string of the molecule is COc1cccc(OC)c1-n1c(NS(=O)(=O)[C@@H](C)[C@H](OCC(C)O)c2ncc(C)cn2)nnc1-c1cncc(C)c1. The first-order valence-electron chi connectivity index (χ1n) is 12.7. The molecule has 4 aromatic rings. The van der Waals surface area contributed by atoms with Gasteiger partial charge in [0.05, 0.1) is 26.9 Å². The van der Waals surface area contributed by atoms with Crippen molar-refractivity contribution in [2.45, 2.75) is 45.2 Å². The number of aromatic nitrogens is 6. The van der Waals surface area contributed by atoms with E-state index in [1.807, 2.05) is 19.9 Å². The van der Waals surface area contributed by atoms with Crippen molar-refractivity contribution in [2.75, 3.05) is 25.5 Å². The van der Waals surface area contributed by atoms with Crippen molar-refractivity contribution >= 4 is 16.0 Å². The first-order chi connectivity index (χ1) is 19.6. The summed E-state index contributed by atoms with van der Waals surface area (Å²) >= 11 is 0. The number of sulfonamides is 1. The molecule has 0 spiro atoms. The van der Waals surface area contributed by atoms with E-state index in [0.29, 0.717) is 28.6 Å². The average molecular weight is 584 g/mol. The lowest BCUT2D eigenvalue weighted by Gasteiger charge is -2.24. The van der Waals surface area contributed by atoms with Gasteiger partial charge < -0.3 is 19.3 Å². The number of ether oxygens (including phenoxy) is 3. The molecule has 13 nitrogen and oxygen atoms in total. The largest absolute Gasteiger partial charge is 0.494 e. The number of anilines is 1. The van der Waals surface area contributed by atoms with Crippen LogP contribution in [0.2, 0.25) is 0 Å². The number of rotatable bonds is 12. The molecule has 0 bridgehead atoms. The minimum atomic E-state index is -4.22. The highest BCUT2D eigenvalue weighted by molar-refractivity contribution is 7.93. The predicted octanol–water partition coefficient (Wildman–Crippen LogP) is 3.02. The number of hydrogen-bond donors (Lipinski definition) is 2. The van der Waals surface area contributed by atoms with Gasteiger partial charge in [0, 0.05) is 30.4 Å². The lowest BCUT2D eigenvalue weighted by atomic mass is 10.2. The first-order valence-corrected chi connectivity index (χ1v) is 14.3. The molecule has 14 heteroatoms. The van der Waals surface area contributed by atoms with Crippen LogP contribution in [0, 0.1) is 13.8 Å². The average Bonchev–Trinajstić information content (AvgIpc) is 3.35. The van der Waals surface area contributed by atoms with Gasteiger partial charge in [-0.2, -0.15) is 0 Å². The molecule has 0 aliphatic heterocycles. The van der Waals surface area contributed by atoms with Gasteiger partial charge in [-0.15, -0.1) is 10.2 Å². The normalized spacial score (nSPS) is 13.8. The molecule has 3 aromatic heterocycles. The number of aryl methyl sites for hydroxylation is 2. The maximum absolute atomic E-state index is 13.9. The topological polar surface area (TPSA) is 163 Å². The minimum Gasteiger partial charge on any atom is -0.494 e. The molecular weight excluding hydrogens is 550 g/mol. The molecule has 0 amide bonds. The Balaban J connectivity index is 1.83. The van der Waals surface area contributed by atoms with Crippen molar-refractivity contribution in [2.24, 2.45) is 0 Å². The zero-order valence-corrected chi connectivity index (χ0v) is 24.5. The molecule has 3 atom stereocenters. The maximum atomic E-state index is 13.9. The summed E-state index contributed by atoms with van der Waals surface area (Å²) in [5.74, 6) is 1.14. The van der Waals surface area contributed by atoms with Gasteiger partial charge in [0.25, 0.3) is 0 Å². The maximum Gasteiger partial charge on any atom is 0.243 e. The van der Waals surface area contributed by atoms with Crippen LogP contribution in [0.15, 0.2) is 49.1 Å². The Bertz CT molecular complexity index is 1570. The van der Waals surface area contributed by atoms with Crippen molar-refractivity contribution in [3.63, 3.8) is 0 Å². The molecule has 2 N–H and O–H groups in total. The second kappa shape index (κ2) is 12.6. The van der Waals surface area contributed by atoms with Crippen LogP contribution in [0.3, 0.4) is 0 Å². The number of hydrogen-bond acceptors (Lipinski definition) is 11. The van der Waals surface area contributed by atoms with Crippen molar-refractivity contribution < 1.29 is 27.7 Å². The fourth-order valence-corrected chi connectivity index (χ4v) is 5.17. The molecule has 218 valence electrons. The van der Waals surface area contributed by atoms with E-state index in [4.69, 9.17) is 14.2 Å². The van der Waals surface area contributed by atoms with Crippen LogP contribution in [0.4, 0.5) is 5.95 Å². The molecule has 0 saturated heterocycles. The molecule has 1 aromatic carbocycles. The van der Waals surface area contributed by atoms with E-state index in [1.54, 1.807) is 43.0 Å². The third-order valence-electron chi connectivity index (χ3n) is 6.14. The molecule has 1 unspecified atom stereocenters. The van der Waals surface area contributed by atoms with Crippen LogP contribution in [0.5, 0.6) is 11.5 Å². The van der Waals surface area contributed by atoms with Crippen molar-refractivity contribution in [1.29, 1.82) is 0 Å². The molecule has 41 heavy (non-hydrogen) atoms. The second-order valence-electron chi connectivity index (χ2n) is 9.52. The standard InChI is InChI=1S/C27H33N7O6S/c1-16-10-20(14-28-11-16)26-31-32-27(34(26)23-21(38-5)8-7-9-22(23)39-6)33-41(36,37)19(4)24(40-15-18(3)35)25-29-12-17(2)13-30-25/h7-14,18-19,24,35H,15H2,1-6H3,(H,32,33)/t18?,19-,24-/m0/s1. The second-order valence-corrected chi connectivity index (χ2v) is 11.6. The van der Waals surface area contributed by atoms with E-state index in [2.05, 4.69) is 29.9 Å². The number of aliphatic hydroxyl groups is 1. The number of pyridine rings is 1. The highest BCUT2D eigenvalue weighted by Crippen LogP contribution is 2.38. The highest BCUT2D eigenvalue weighted by Gasteiger charge is 2.36. The molecular formula is C27H33N7O6S. The molecule has 0 fully saturated rings.